The fraction of sp³-hybridized carbons (Fsp3) is 0.147. The molecule has 0 fully saturated rings. The molecule has 0 saturated carbocycles. The maximum Gasteiger partial charge on any atom is 0.327 e. The number of carboxylic acid groups (broad SMARTS) is 1. The van der Waals surface area contributed by atoms with Crippen molar-refractivity contribution < 1.29 is 19.1 Å². The van der Waals surface area contributed by atoms with Crippen LogP contribution >= 0.6 is 11.6 Å². The molecule has 0 amide bonds. The molecule has 5 aromatic rings. The summed E-state index contributed by atoms with van der Waals surface area (Å²) in [6, 6.07) is 26.7. The van der Waals surface area contributed by atoms with Gasteiger partial charge < -0.3 is 14.1 Å². The average Bonchev–Trinajstić information content (AvgIpc) is 3.53. The molecular weight excluding hydrogens is 538 g/mol. The smallest absolute Gasteiger partial charge is 0.327 e. The highest BCUT2D eigenvalue weighted by Gasteiger charge is 2.24. The predicted octanol–water partition coefficient (Wildman–Crippen LogP) is 7.50. The van der Waals surface area contributed by atoms with Gasteiger partial charge in [0.15, 0.2) is 5.78 Å². The van der Waals surface area contributed by atoms with Crippen LogP contribution in [0, 0.1) is 0 Å². The lowest BCUT2D eigenvalue weighted by atomic mass is 9.98. The van der Waals surface area contributed by atoms with Crippen molar-refractivity contribution in [2.24, 2.45) is 0 Å². The molecule has 0 aliphatic rings. The molecule has 0 saturated heterocycles. The Balaban J connectivity index is 1.36. The Morgan fingerprint density at radius 2 is 1.56 bits per heavy atom. The second kappa shape index (κ2) is 12.7. The number of halogens is 1. The monoisotopic (exact) mass is 565 g/mol. The third kappa shape index (κ3) is 6.73. The quantitative estimate of drug-likeness (QED) is 0.167. The van der Waals surface area contributed by atoms with Gasteiger partial charge in [0.25, 0.3) is 5.56 Å². The largest absolute Gasteiger partial charge is 0.480 e. The van der Waals surface area contributed by atoms with Crippen LogP contribution < -0.4 is 5.56 Å². The number of carbonyl (C=O) groups is 2. The SMILES string of the molecule is O=C(CCCc1cc(-c2ccoc2)cn(C(Cc2ccc(Cl)cc2)C(=O)O)c1=O)c1ccc(-c2ccccc2)cc1. The normalized spacial score (nSPS) is 11.7. The second-order valence-electron chi connectivity index (χ2n) is 9.88. The third-order valence-electron chi connectivity index (χ3n) is 7.10. The Morgan fingerprint density at radius 3 is 2.22 bits per heavy atom. The van der Waals surface area contributed by atoms with E-state index < -0.39 is 17.6 Å². The van der Waals surface area contributed by atoms with Crippen molar-refractivity contribution in [2.45, 2.75) is 31.7 Å². The van der Waals surface area contributed by atoms with Crippen LogP contribution in [0.4, 0.5) is 0 Å². The minimum Gasteiger partial charge on any atom is -0.480 e. The van der Waals surface area contributed by atoms with Crippen molar-refractivity contribution in [1.29, 1.82) is 0 Å². The van der Waals surface area contributed by atoms with E-state index in [2.05, 4.69) is 0 Å². The van der Waals surface area contributed by atoms with Crippen molar-refractivity contribution in [3.8, 4) is 22.3 Å². The van der Waals surface area contributed by atoms with Crippen molar-refractivity contribution in [3.63, 3.8) is 0 Å². The van der Waals surface area contributed by atoms with Crippen LogP contribution in [0.5, 0.6) is 0 Å². The molecule has 6 nitrogen and oxygen atoms in total. The second-order valence-corrected chi connectivity index (χ2v) is 10.3. The number of hydrogen-bond donors (Lipinski definition) is 1. The van der Waals surface area contributed by atoms with E-state index >= 15 is 0 Å². The van der Waals surface area contributed by atoms with E-state index in [1.807, 2.05) is 54.6 Å². The van der Waals surface area contributed by atoms with Gasteiger partial charge in [0, 0.05) is 46.3 Å². The number of benzene rings is 3. The van der Waals surface area contributed by atoms with E-state index in [0.717, 1.165) is 22.3 Å². The third-order valence-corrected chi connectivity index (χ3v) is 7.35. The molecule has 206 valence electrons. The van der Waals surface area contributed by atoms with E-state index in [-0.39, 0.29) is 18.6 Å². The Bertz CT molecular complexity index is 1690. The number of Topliss-reactive ketones (excluding diaryl/α,β-unsaturated/α-hetero) is 1. The predicted molar refractivity (Wildman–Crippen MR) is 159 cm³/mol. The molecule has 0 aliphatic carbocycles. The fourth-order valence-electron chi connectivity index (χ4n) is 4.87. The van der Waals surface area contributed by atoms with Gasteiger partial charge in [-0.15, -0.1) is 0 Å². The number of nitrogens with zero attached hydrogens (tertiary/aromatic N) is 1. The summed E-state index contributed by atoms with van der Waals surface area (Å²) >= 11 is 5.99. The maximum atomic E-state index is 13.6. The summed E-state index contributed by atoms with van der Waals surface area (Å²) in [6.07, 6.45) is 5.76. The Hall–Kier alpha value is -4.68. The summed E-state index contributed by atoms with van der Waals surface area (Å²) in [6.45, 7) is 0. The summed E-state index contributed by atoms with van der Waals surface area (Å²) < 4.78 is 6.51. The lowest BCUT2D eigenvalue weighted by molar-refractivity contribution is -0.141. The topological polar surface area (TPSA) is 89.5 Å². The highest BCUT2D eigenvalue weighted by Crippen LogP contribution is 2.24. The van der Waals surface area contributed by atoms with Gasteiger partial charge in [0.2, 0.25) is 0 Å². The molecule has 1 unspecified atom stereocenters. The number of ketones is 1. The molecule has 41 heavy (non-hydrogen) atoms. The molecule has 7 heteroatoms. The van der Waals surface area contributed by atoms with Crippen LogP contribution in [0.2, 0.25) is 5.02 Å². The molecule has 2 aromatic heterocycles. The standard InChI is InChI=1S/C34H28ClNO5/c35-30-15-9-23(10-16-30)19-31(34(39)40)36-21-29(28-17-18-41-22-28)20-27(33(36)38)7-4-8-32(37)26-13-11-25(12-14-26)24-5-2-1-3-6-24/h1-3,5-6,9-18,20-22,31H,4,7-8,19H2,(H,39,40). The molecule has 2 heterocycles. The number of aryl methyl sites for hydroxylation is 1. The van der Waals surface area contributed by atoms with Crippen molar-refractivity contribution in [3.05, 3.63) is 142 Å². The van der Waals surface area contributed by atoms with Crippen LogP contribution in [-0.2, 0) is 17.6 Å². The molecule has 0 aliphatic heterocycles. The number of pyridine rings is 1. The first-order valence-electron chi connectivity index (χ1n) is 13.3. The van der Waals surface area contributed by atoms with Crippen molar-refractivity contribution in [2.75, 3.05) is 0 Å². The van der Waals surface area contributed by atoms with Crippen molar-refractivity contribution >= 4 is 23.4 Å². The lowest BCUT2D eigenvalue weighted by Gasteiger charge is -2.18. The highest BCUT2D eigenvalue weighted by atomic mass is 35.5. The fourth-order valence-corrected chi connectivity index (χ4v) is 5.00. The van der Waals surface area contributed by atoms with Gasteiger partial charge in [-0.1, -0.05) is 78.3 Å². The van der Waals surface area contributed by atoms with E-state index in [1.165, 1.54) is 10.8 Å². The summed E-state index contributed by atoms with van der Waals surface area (Å²) in [5.41, 5.74) is 4.91. The van der Waals surface area contributed by atoms with Gasteiger partial charge in [-0.25, -0.2) is 4.79 Å². The highest BCUT2D eigenvalue weighted by molar-refractivity contribution is 6.30. The van der Waals surface area contributed by atoms with Crippen molar-refractivity contribution in [1.82, 2.24) is 4.57 Å². The Morgan fingerprint density at radius 1 is 0.854 bits per heavy atom. The van der Waals surface area contributed by atoms with E-state index in [4.69, 9.17) is 16.0 Å². The van der Waals surface area contributed by atoms with E-state index in [1.54, 1.807) is 48.9 Å². The zero-order valence-corrected chi connectivity index (χ0v) is 23.0. The number of furan rings is 1. The average molecular weight is 566 g/mol. The zero-order valence-electron chi connectivity index (χ0n) is 22.2. The number of aliphatic carboxylic acids is 1. The lowest BCUT2D eigenvalue weighted by Crippen LogP contribution is -2.33. The van der Waals surface area contributed by atoms with Crippen LogP contribution in [0.15, 0.2) is 119 Å². The van der Waals surface area contributed by atoms with E-state index in [0.29, 0.717) is 34.6 Å². The maximum absolute atomic E-state index is 13.6. The minimum atomic E-state index is -1.13. The van der Waals surface area contributed by atoms with Gasteiger partial charge in [0.05, 0.1) is 12.5 Å². The molecule has 3 aromatic carbocycles. The number of carbonyl (C=O) groups excluding carboxylic acids is 1. The number of rotatable bonds is 11. The first-order valence-corrected chi connectivity index (χ1v) is 13.7. The molecule has 5 rings (SSSR count). The van der Waals surface area contributed by atoms with Crippen LogP contribution in [0.1, 0.15) is 40.4 Å². The first kappa shape index (κ1) is 27.9. The van der Waals surface area contributed by atoms with Gasteiger partial charge in [0.1, 0.15) is 6.04 Å². The van der Waals surface area contributed by atoms with Gasteiger partial charge >= 0.3 is 5.97 Å². The van der Waals surface area contributed by atoms with Gasteiger partial charge in [-0.05, 0) is 53.8 Å². The zero-order chi connectivity index (χ0) is 28.8. The molecule has 1 atom stereocenters. The van der Waals surface area contributed by atoms with E-state index in [9.17, 15) is 19.5 Å². The first-order chi connectivity index (χ1) is 19.9. The molecule has 0 spiro atoms. The summed E-state index contributed by atoms with van der Waals surface area (Å²) in [5, 5.41) is 10.6. The number of aromatic nitrogens is 1. The van der Waals surface area contributed by atoms with Gasteiger partial charge in [-0.3, -0.25) is 9.59 Å². The number of carboxylic acids is 1. The van der Waals surface area contributed by atoms with Crippen LogP contribution in [-0.4, -0.2) is 21.4 Å². The molecular formula is C34H28ClNO5. The molecule has 1 N–H and O–H groups in total. The molecule has 0 bridgehead atoms. The minimum absolute atomic E-state index is 0.0120. The Kier molecular flexibility index (Phi) is 8.61. The Labute approximate surface area is 242 Å². The summed E-state index contributed by atoms with van der Waals surface area (Å²) in [4.78, 5) is 38.9. The number of hydrogen-bond acceptors (Lipinski definition) is 4. The van der Waals surface area contributed by atoms with Crippen LogP contribution in [0.3, 0.4) is 0 Å². The summed E-state index contributed by atoms with van der Waals surface area (Å²) in [7, 11) is 0. The molecule has 0 radical (unpaired) electrons. The van der Waals surface area contributed by atoms with Crippen LogP contribution in [0.25, 0.3) is 22.3 Å². The van der Waals surface area contributed by atoms with Gasteiger partial charge in [-0.2, -0.15) is 0 Å². The summed E-state index contributed by atoms with van der Waals surface area (Å²) in [5.74, 6) is -1.13.